The first-order valence-electron chi connectivity index (χ1n) is 8.61. The standard InChI is InChI=1S/C19H21BrN2O3S2/c1-3-5-6-15(23)21-19(26)22-17-16(18(24)25-4-2)14(11-27-17)12-7-9-13(20)10-8-12/h7-11H,3-6H2,1-2H3,(H2,21,22,23,26). The molecule has 8 heteroatoms. The first-order valence-corrected chi connectivity index (χ1v) is 10.7. The zero-order valence-corrected chi connectivity index (χ0v) is 18.4. The third kappa shape index (κ3) is 6.12. The highest BCUT2D eigenvalue weighted by Crippen LogP contribution is 2.36. The molecule has 0 aliphatic carbocycles. The molecule has 5 nitrogen and oxygen atoms in total. The van der Waals surface area contributed by atoms with Gasteiger partial charge in [-0.25, -0.2) is 4.79 Å². The number of rotatable bonds is 7. The quantitative estimate of drug-likeness (QED) is 0.422. The summed E-state index contributed by atoms with van der Waals surface area (Å²) in [6, 6.07) is 7.66. The van der Waals surface area contributed by atoms with Crippen LogP contribution in [0.1, 0.15) is 43.5 Å². The van der Waals surface area contributed by atoms with Crippen molar-refractivity contribution < 1.29 is 14.3 Å². The molecule has 1 heterocycles. The van der Waals surface area contributed by atoms with Crippen LogP contribution in [0.2, 0.25) is 0 Å². The summed E-state index contributed by atoms with van der Waals surface area (Å²) in [4.78, 5) is 24.4. The lowest BCUT2D eigenvalue weighted by atomic mass is 10.0. The van der Waals surface area contributed by atoms with Gasteiger partial charge in [0.1, 0.15) is 10.6 Å². The fourth-order valence-electron chi connectivity index (χ4n) is 2.36. The number of hydrogen-bond acceptors (Lipinski definition) is 5. The zero-order valence-electron chi connectivity index (χ0n) is 15.1. The van der Waals surface area contributed by atoms with E-state index in [4.69, 9.17) is 17.0 Å². The van der Waals surface area contributed by atoms with Crippen LogP contribution in [0.5, 0.6) is 0 Å². The summed E-state index contributed by atoms with van der Waals surface area (Å²) in [7, 11) is 0. The Morgan fingerprint density at radius 2 is 1.93 bits per heavy atom. The number of ether oxygens (including phenoxy) is 1. The minimum Gasteiger partial charge on any atom is -0.462 e. The Kier molecular flexibility index (Phi) is 8.40. The maximum Gasteiger partial charge on any atom is 0.341 e. The van der Waals surface area contributed by atoms with Gasteiger partial charge < -0.3 is 15.4 Å². The van der Waals surface area contributed by atoms with E-state index in [1.54, 1.807) is 6.92 Å². The van der Waals surface area contributed by atoms with Crippen molar-refractivity contribution in [2.24, 2.45) is 0 Å². The maximum atomic E-state index is 12.5. The van der Waals surface area contributed by atoms with Crippen molar-refractivity contribution in [2.75, 3.05) is 11.9 Å². The number of halogens is 1. The number of unbranched alkanes of at least 4 members (excludes halogenated alkanes) is 1. The minimum atomic E-state index is -0.431. The molecule has 2 rings (SSSR count). The summed E-state index contributed by atoms with van der Waals surface area (Å²) in [6.45, 7) is 4.05. The molecular formula is C19H21BrN2O3S2. The number of benzene rings is 1. The van der Waals surface area contributed by atoms with Gasteiger partial charge in [0.15, 0.2) is 5.11 Å². The fourth-order valence-corrected chi connectivity index (χ4v) is 3.87. The number of esters is 1. The normalized spacial score (nSPS) is 10.3. The molecule has 0 atom stereocenters. The largest absolute Gasteiger partial charge is 0.462 e. The van der Waals surface area contributed by atoms with E-state index in [2.05, 4.69) is 26.6 Å². The summed E-state index contributed by atoms with van der Waals surface area (Å²) in [5, 5.41) is 8.21. The van der Waals surface area contributed by atoms with Gasteiger partial charge in [-0.05, 0) is 43.3 Å². The molecule has 0 radical (unpaired) electrons. The predicted octanol–water partition coefficient (Wildman–Crippen LogP) is 5.36. The number of carbonyl (C=O) groups excluding carboxylic acids is 2. The van der Waals surface area contributed by atoms with Crippen molar-refractivity contribution >= 4 is 61.5 Å². The highest BCUT2D eigenvalue weighted by Gasteiger charge is 2.22. The van der Waals surface area contributed by atoms with Gasteiger partial charge in [0.2, 0.25) is 5.91 Å². The van der Waals surface area contributed by atoms with Gasteiger partial charge in [-0.3, -0.25) is 4.79 Å². The van der Waals surface area contributed by atoms with Crippen LogP contribution in [-0.4, -0.2) is 23.6 Å². The molecule has 144 valence electrons. The molecule has 0 unspecified atom stereocenters. The van der Waals surface area contributed by atoms with Gasteiger partial charge in [0.25, 0.3) is 0 Å². The maximum absolute atomic E-state index is 12.5. The number of nitrogens with one attached hydrogen (secondary N) is 2. The van der Waals surface area contributed by atoms with E-state index in [9.17, 15) is 9.59 Å². The van der Waals surface area contributed by atoms with Crippen LogP contribution in [0.3, 0.4) is 0 Å². The Morgan fingerprint density at radius 3 is 2.56 bits per heavy atom. The second-order valence-corrected chi connectivity index (χ2v) is 7.89. The van der Waals surface area contributed by atoms with E-state index >= 15 is 0 Å². The van der Waals surface area contributed by atoms with Crippen molar-refractivity contribution in [3.63, 3.8) is 0 Å². The second kappa shape index (κ2) is 10.5. The summed E-state index contributed by atoms with van der Waals surface area (Å²) < 4.78 is 6.17. The van der Waals surface area contributed by atoms with Crippen molar-refractivity contribution in [2.45, 2.75) is 33.1 Å². The highest BCUT2D eigenvalue weighted by atomic mass is 79.9. The monoisotopic (exact) mass is 468 g/mol. The summed E-state index contributed by atoms with van der Waals surface area (Å²) in [5.41, 5.74) is 2.06. The van der Waals surface area contributed by atoms with Gasteiger partial charge >= 0.3 is 5.97 Å². The van der Waals surface area contributed by atoms with E-state index in [1.807, 2.05) is 36.6 Å². The predicted molar refractivity (Wildman–Crippen MR) is 117 cm³/mol. The summed E-state index contributed by atoms with van der Waals surface area (Å²) in [5.74, 6) is -0.573. The van der Waals surface area contributed by atoms with Crippen molar-refractivity contribution in [3.8, 4) is 11.1 Å². The molecule has 0 aliphatic heterocycles. The topological polar surface area (TPSA) is 67.4 Å². The number of carbonyl (C=O) groups is 2. The molecule has 0 saturated heterocycles. The van der Waals surface area contributed by atoms with Crippen molar-refractivity contribution in [1.82, 2.24) is 5.32 Å². The smallest absolute Gasteiger partial charge is 0.341 e. The van der Waals surface area contributed by atoms with Crippen LogP contribution in [-0.2, 0) is 9.53 Å². The number of hydrogen-bond donors (Lipinski definition) is 2. The Hall–Kier alpha value is -1.77. The Balaban J connectivity index is 2.25. The molecule has 0 fully saturated rings. The molecule has 2 aromatic rings. The van der Waals surface area contributed by atoms with Crippen molar-refractivity contribution in [3.05, 3.63) is 39.7 Å². The third-order valence-corrected chi connectivity index (χ3v) is 5.29. The second-order valence-electron chi connectivity index (χ2n) is 5.69. The van der Waals surface area contributed by atoms with E-state index in [-0.39, 0.29) is 17.6 Å². The molecule has 0 spiro atoms. The van der Waals surface area contributed by atoms with Crippen molar-refractivity contribution in [1.29, 1.82) is 0 Å². The van der Waals surface area contributed by atoms with E-state index in [0.29, 0.717) is 17.0 Å². The van der Waals surface area contributed by atoms with Gasteiger partial charge in [-0.1, -0.05) is 41.4 Å². The number of thiocarbonyl (C=S) groups is 1. The Morgan fingerprint density at radius 1 is 1.22 bits per heavy atom. The lowest BCUT2D eigenvalue weighted by molar-refractivity contribution is -0.119. The lowest BCUT2D eigenvalue weighted by Gasteiger charge is -2.11. The number of amides is 1. The number of thiophene rings is 1. The van der Waals surface area contributed by atoms with Crippen LogP contribution >= 0.6 is 39.5 Å². The third-order valence-electron chi connectivity index (χ3n) is 3.66. The number of anilines is 1. The highest BCUT2D eigenvalue weighted by molar-refractivity contribution is 9.10. The van der Waals surface area contributed by atoms with Gasteiger partial charge in [-0.15, -0.1) is 11.3 Å². The van der Waals surface area contributed by atoms with E-state index < -0.39 is 5.97 Å². The molecular weight excluding hydrogens is 448 g/mol. The average Bonchev–Trinajstić information content (AvgIpc) is 3.04. The molecule has 0 aliphatic rings. The van der Waals surface area contributed by atoms with Crippen LogP contribution in [0, 0.1) is 0 Å². The molecule has 0 bridgehead atoms. The van der Waals surface area contributed by atoms with Gasteiger partial charge in [-0.2, -0.15) is 0 Å². The summed E-state index contributed by atoms with van der Waals surface area (Å²) in [6.07, 6.45) is 2.15. The Bertz CT molecular complexity index is 819. The molecule has 27 heavy (non-hydrogen) atoms. The lowest BCUT2D eigenvalue weighted by Crippen LogP contribution is -2.34. The van der Waals surface area contributed by atoms with E-state index in [1.165, 1.54) is 11.3 Å². The van der Waals surface area contributed by atoms with Gasteiger partial charge in [0, 0.05) is 21.8 Å². The molecule has 1 aromatic carbocycles. The Labute approximate surface area is 176 Å². The molecule has 2 N–H and O–H groups in total. The minimum absolute atomic E-state index is 0.142. The molecule has 1 amide bonds. The summed E-state index contributed by atoms with van der Waals surface area (Å²) >= 11 is 9.97. The fraction of sp³-hybridized carbons (Fsp3) is 0.316. The van der Waals surface area contributed by atoms with E-state index in [0.717, 1.165) is 28.4 Å². The van der Waals surface area contributed by atoms with Gasteiger partial charge in [0.05, 0.1) is 6.61 Å². The molecule has 1 aromatic heterocycles. The zero-order chi connectivity index (χ0) is 19.8. The molecule has 0 saturated carbocycles. The average molecular weight is 469 g/mol. The van der Waals surface area contributed by atoms with Crippen LogP contribution in [0.25, 0.3) is 11.1 Å². The van der Waals surface area contributed by atoms with Crippen LogP contribution in [0.15, 0.2) is 34.1 Å². The SMILES string of the molecule is CCCCC(=O)NC(=S)Nc1scc(-c2ccc(Br)cc2)c1C(=O)OCC. The first-order chi connectivity index (χ1) is 13.0. The van der Waals surface area contributed by atoms with Crippen LogP contribution in [0.4, 0.5) is 5.00 Å². The first kappa shape index (κ1) is 21.5. The van der Waals surface area contributed by atoms with Crippen LogP contribution < -0.4 is 10.6 Å².